The van der Waals surface area contributed by atoms with E-state index in [0.29, 0.717) is 0 Å². The lowest BCUT2D eigenvalue weighted by Gasteiger charge is -2.29. The molecule has 1 aromatic rings. The Morgan fingerprint density at radius 2 is 1.94 bits per heavy atom. The van der Waals surface area contributed by atoms with Gasteiger partial charge in [-0.3, -0.25) is 0 Å². The maximum Gasteiger partial charge on any atom is 0.122 e. The van der Waals surface area contributed by atoms with Crippen molar-refractivity contribution in [1.82, 2.24) is 0 Å². The molecule has 1 aromatic carbocycles. The lowest BCUT2D eigenvalue weighted by Crippen LogP contribution is -2.29. The third kappa shape index (κ3) is 3.88. The Morgan fingerprint density at radius 1 is 1.28 bits per heavy atom. The third-order valence-electron chi connectivity index (χ3n) is 3.65. The van der Waals surface area contributed by atoms with E-state index in [1.807, 2.05) is 24.3 Å². The van der Waals surface area contributed by atoms with Crippen molar-refractivity contribution in [3.8, 4) is 5.75 Å². The summed E-state index contributed by atoms with van der Waals surface area (Å²) in [5.41, 5.74) is 1.45. The lowest BCUT2D eigenvalue weighted by atomic mass is 9.86. The molecule has 0 heterocycles. The van der Waals surface area contributed by atoms with Crippen LogP contribution in [0.1, 0.15) is 32.3 Å². The molecule has 0 aliphatic rings. The van der Waals surface area contributed by atoms with Gasteiger partial charge >= 0.3 is 0 Å². The number of para-hydroxylation sites is 1. The van der Waals surface area contributed by atoms with Gasteiger partial charge < -0.3 is 4.74 Å². The van der Waals surface area contributed by atoms with Gasteiger partial charge in [0.2, 0.25) is 0 Å². The van der Waals surface area contributed by atoms with Crippen LogP contribution in [-0.2, 0) is 6.42 Å². The SMILES string of the molecule is C=CCc1ccccc1OCC(CC)(CC)CBr. The minimum atomic E-state index is 0.237. The van der Waals surface area contributed by atoms with Gasteiger partial charge in [0.15, 0.2) is 0 Å². The second-order valence-electron chi connectivity index (χ2n) is 4.73. The van der Waals surface area contributed by atoms with Gasteiger partial charge in [0.25, 0.3) is 0 Å². The van der Waals surface area contributed by atoms with Crippen molar-refractivity contribution in [2.24, 2.45) is 5.41 Å². The molecule has 0 aliphatic heterocycles. The molecule has 0 radical (unpaired) electrons. The van der Waals surface area contributed by atoms with Crippen LogP contribution < -0.4 is 4.74 Å². The van der Waals surface area contributed by atoms with Gasteiger partial charge in [-0.2, -0.15) is 0 Å². The van der Waals surface area contributed by atoms with E-state index in [9.17, 15) is 0 Å². The van der Waals surface area contributed by atoms with E-state index in [0.717, 1.165) is 36.9 Å². The van der Waals surface area contributed by atoms with Crippen molar-refractivity contribution < 1.29 is 4.74 Å². The molecular weight excluding hydrogens is 288 g/mol. The zero-order valence-electron chi connectivity index (χ0n) is 11.4. The predicted molar refractivity (Wildman–Crippen MR) is 82.6 cm³/mol. The minimum Gasteiger partial charge on any atom is -0.493 e. The molecule has 0 bridgehead atoms. The molecule has 1 rings (SSSR count). The fourth-order valence-corrected chi connectivity index (χ4v) is 2.84. The number of hydrogen-bond donors (Lipinski definition) is 0. The summed E-state index contributed by atoms with van der Waals surface area (Å²) in [6.07, 6.45) is 5.02. The summed E-state index contributed by atoms with van der Waals surface area (Å²) >= 11 is 3.62. The Balaban J connectivity index is 2.75. The number of benzene rings is 1. The maximum atomic E-state index is 6.05. The van der Waals surface area contributed by atoms with Crippen LogP contribution in [0.2, 0.25) is 0 Å². The molecule has 0 saturated carbocycles. The van der Waals surface area contributed by atoms with Gasteiger partial charge in [0.05, 0.1) is 6.61 Å². The van der Waals surface area contributed by atoms with Crippen LogP contribution >= 0.6 is 15.9 Å². The summed E-state index contributed by atoms with van der Waals surface area (Å²) in [6, 6.07) is 8.21. The number of allylic oxidation sites excluding steroid dienone is 1. The second kappa shape index (κ2) is 7.63. The Kier molecular flexibility index (Phi) is 6.48. The highest BCUT2D eigenvalue weighted by Crippen LogP contribution is 2.30. The largest absolute Gasteiger partial charge is 0.493 e. The van der Waals surface area contributed by atoms with Gasteiger partial charge in [-0.05, 0) is 30.9 Å². The highest BCUT2D eigenvalue weighted by atomic mass is 79.9. The first-order valence-electron chi connectivity index (χ1n) is 6.59. The van der Waals surface area contributed by atoms with Crippen molar-refractivity contribution in [1.29, 1.82) is 0 Å². The fourth-order valence-electron chi connectivity index (χ4n) is 1.88. The first kappa shape index (κ1) is 15.3. The Labute approximate surface area is 119 Å². The average molecular weight is 311 g/mol. The summed E-state index contributed by atoms with van der Waals surface area (Å²) in [6.45, 7) is 9.01. The van der Waals surface area contributed by atoms with Crippen LogP contribution in [-0.4, -0.2) is 11.9 Å². The highest BCUT2D eigenvalue weighted by Gasteiger charge is 2.26. The predicted octanol–water partition coefficient (Wildman–Crippen LogP) is 5.00. The molecular formula is C16H23BrO. The first-order valence-corrected chi connectivity index (χ1v) is 7.71. The van der Waals surface area contributed by atoms with E-state index >= 15 is 0 Å². The van der Waals surface area contributed by atoms with Gasteiger partial charge in [0.1, 0.15) is 5.75 Å². The molecule has 0 spiro atoms. The summed E-state index contributed by atoms with van der Waals surface area (Å²) in [7, 11) is 0. The smallest absolute Gasteiger partial charge is 0.122 e. The summed E-state index contributed by atoms with van der Waals surface area (Å²) in [5.74, 6) is 0.990. The molecule has 2 heteroatoms. The molecule has 0 saturated heterocycles. The average Bonchev–Trinajstić information content (AvgIpc) is 2.43. The number of alkyl halides is 1. The topological polar surface area (TPSA) is 9.23 Å². The number of halogens is 1. The molecule has 18 heavy (non-hydrogen) atoms. The molecule has 0 N–H and O–H groups in total. The van der Waals surface area contributed by atoms with E-state index in [2.05, 4.69) is 42.4 Å². The Morgan fingerprint density at radius 3 is 2.50 bits per heavy atom. The molecule has 0 aliphatic carbocycles. The Bertz CT molecular complexity index is 361. The molecule has 0 unspecified atom stereocenters. The molecule has 0 aromatic heterocycles. The summed E-state index contributed by atoms with van der Waals surface area (Å²) in [4.78, 5) is 0. The van der Waals surface area contributed by atoms with Gasteiger partial charge in [-0.25, -0.2) is 0 Å². The summed E-state index contributed by atoms with van der Waals surface area (Å²) < 4.78 is 6.05. The quantitative estimate of drug-likeness (QED) is 0.485. The molecule has 0 amide bonds. The number of hydrogen-bond acceptors (Lipinski definition) is 1. The van der Waals surface area contributed by atoms with E-state index in [1.165, 1.54) is 5.56 Å². The monoisotopic (exact) mass is 310 g/mol. The molecule has 0 atom stereocenters. The van der Waals surface area contributed by atoms with E-state index < -0.39 is 0 Å². The van der Waals surface area contributed by atoms with Gasteiger partial charge in [0, 0.05) is 10.7 Å². The van der Waals surface area contributed by atoms with Crippen molar-refractivity contribution in [2.75, 3.05) is 11.9 Å². The molecule has 0 fully saturated rings. The fraction of sp³-hybridized carbons (Fsp3) is 0.500. The number of ether oxygens (including phenoxy) is 1. The maximum absolute atomic E-state index is 6.05. The van der Waals surface area contributed by atoms with E-state index in [1.54, 1.807) is 0 Å². The van der Waals surface area contributed by atoms with E-state index in [4.69, 9.17) is 4.74 Å². The van der Waals surface area contributed by atoms with Crippen LogP contribution in [0, 0.1) is 5.41 Å². The van der Waals surface area contributed by atoms with Gasteiger partial charge in [-0.15, -0.1) is 6.58 Å². The van der Waals surface area contributed by atoms with E-state index in [-0.39, 0.29) is 5.41 Å². The van der Waals surface area contributed by atoms with Crippen LogP contribution in [0.3, 0.4) is 0 Å². The molecule has 1 nitrogen and oxygen atoms in total. The van der Waals surface area contributed by atoms with Crippen LogP contribution in [0.5, 0.6) is 5.75 Å². The van der Waals surface area contributed by atoms with Crippen molar-refractivity contribution >= 4 is 15.9 Å². The lowest BCUT2D eigenvalue weighted by molar-refractivity contribution is 0.157. The zero-order chi connectivity index (χ0) is 13.4. The van der Waals surface area contributed by atoms with Crippen molar-refractivity contribution in [3.63, 3.8) is 0 Å². The molecule has 100 valence electrons. The normalized spacial score (nSPS) is 11.3. The van der Waals surface area contributed by atoms with Crippen LogP contribution in [0.25, 0.3) is 0 Å². The Hall–Kier alpha value is -0.760. The van der Waals surface area contributed by atoms with Crippen LogP contribution in [0.15, 0.2) is 36.9 Å². The van der Waals surface area contributed by atoms with Crippen molar-refractivity contribution in [2.45, 2.75) is 33.1 Å². The number of rotatable bonds is 8. The third-order valence-corrected chi connectivity index (χ3v) is 4.84. The first-order chi connectivity index (χ1) is 8.71. The van der Waals surface area contributed by atoms with Crippen LogP contribution in [0.4, 0.5) is 0 Å². The minimum absolute atomic E-state index is 0.237. The van der Waals surface area contributed by atoms with Crippen molar-refractivity contribution in [3.05, 3.63) is 42.5 Å². The standard InChI is InChI=1S/C16H23BrO/c1-4-9-14-10-7-8-11-15(14)18-13-16(5-2,6-3)12-17/h4,7-8,10-11H,1,5-6,9,12-13H2,2-3H3. The zero-order valence-corrected chi connectivity index (χ0v) is 13.0. The summed E-state index contributed by atoms with van der Waals surface area (Å²) in [5, 5.41) is 0.983. The van der Waals surface area contributed by atoms with Gasteiger partial charge in [-0.1, -0.05) is 54.1 Å². The second-order valence-corrected chi connectivity index (χ2v) is 5.29. The highest BCUT2D eigenvalue weighted by molar-refractivity contribution is 9.09.